The topological polar surface area (TPSA) is 17.1 Å². The Bertz CT molecular complexity index is 291. The van der Waals surface area contributed by atoms with E-state index in [9.17, 15) is 4.79 Å². The van der Waals surface area contributed by atoms with E-state index in [0.717, 1.165) is 5.56 Å². The number of thioether (sulfide) groups is 1. The van der Waals surface area contributed by atoms with Crippen LogP contribution < -0.4 is 0 Å². The van der Waals surface area contributed by atoms with Crippen LogP contribution in [-0.4, -0.2) is 11.0 Å². The highest BCUT2D eigenvalue weighted by atomic mass is 32.2. The second-order valence-corrected chi connectivity index (χ2v) is 5.30. The molecule has 1 unspecified atom stereocenters. The average molecular weight is 214 g/mol. The minimum Gasteiger partial charge on any atom is -0.294 e. The SMILES string of the molecule is CC.CC1CC(=O)c2ccsc2S1. The molecule has 1 aromatic heterocycles. The van der Waals surface area contributed by atoms with Gasteiger partial charge in [-0.2, -0.15) is 0 Å². The predicted octanol–water partition coefficient (Wildman–Crippen LogP) is 3.84. The number of rotatable bonds is 0. The van der Waals surface area contributed by atoms with Crippen molar-refractivity contribution in [1.29, 1.82) is 0 Å². The average Bonchev–Trinajstić information content (AvgIpc) is 2.55. The van der Waals surface area contributed by atoms with E-state index in [4.69, 9.17) is 0 Å². The summed E-state index contributed by atoms with van der Waals surface area (Å²) >= 11 is 3.49. The van der Waals surface area contributed by atoms with Crippen LogP contribution in [0.3, 0.4) is 0 Å². The predicted molar refractivity (Wildman–Crippen MR) is 59.9 cm³/mol. The van der Waals surface area contributed by atoms with Crippen molar-refractivity contribution in [2.45, 2.75) is 36.7 Å². The summed E-state index contributed by atoms with van der Waals surface area (Å²) < 4.78 is 1.20. The number of hydrogen-bond acceptors (Lipinski definition) is 3. The maximum atomic E-state index is 11.4. The fourth-order valence-corrected chi connectivity index (χ4v) is 3.62. The molecule has 0 amide bonds. The van der Waals surface area contributed by atoms with E-state index < -0.39 is 0 Å². The van der Waals surface area contributed by atoms with Crippen molar-refractivity contribution >= 4 is 28.9 Å². The number of thiophene rings is 1. The van der Waals surface area contributed by atoms with Crippen molar-refractivity contribution in [2.75, 3.05) is 0 Å². The van der Waals surface area contributed by atoms with Crippen molar-refractivity contribution in [3.63, 3.8) is 0 Å². The van der Waals surface area contributed by atoms with Gasteiger partial charge >= 0.3 is 0 Å². The van der Waals surface area contributed by atoms with Gasteiger partial charge in [0.05, 0.1) is 4.21 Å². The van der Waals surface area contributed by atoms with Crippen LogP contribution in [0.5, 0.6) is 0 Å². The molecule has 0 fully saturated rings. The van der Waals surface area contributed by atoms with Gasteiger partial charge in [-0.25, -0.2) is 0 Å². The van der Waals surface area contributed by atoms with Crippen LogP contribution in [0.2, 0.25) is 0 Å². The van der Waals surface area contributed by atoms with Gasteiger partial charge in [0.1, 0.15) is 0 Å². The molecular formula is C10H14OS2. The second kappa shape index (κ2) is 4.82. The lowest BCUT2D eigenvalue weighted by atomic mass is 10.1. The molecule has 0 N–H and O–H groups in total. The van der Waals surface area contributed by atoms with Crippen molar-refractivity contribution in [1.82, 2.24) is 0 Å². The first-order valence-electron chi connectivity index (χ1n) is 4.54. The highest BCUT2D eigenvalue weighted by Gasteiger charge is 2.23. The summed E-state index contributed by atoms with van der Waals surface area (Å²) in [5, 5.41) is 2.46. The quantitative estimate of drug-likeness (QED) is 0.652. The normalized spacial score (nSPS) is 20.2. The maximum absolute atomic E-state index is 11.4. The lowest BCUT2D eigenvalue weighted by Gasteiger charge is -2.15. The van der Waals surface area contributed by atoms with E-state index in [1.807, 2.05) is 37.1 Å². The van der Waals surface area contributed by atoms with Gasteiger partial charge in [0.2, 0.25) is 0 Å². The molecule has 0 saturated heterocycles. The van der Waals surface area contributed by atoms with Crippen molar-refractivity contribution < 1.29 is 4.79 Å². The third kappa shape index (κ3) is 2.35. The zero-order valence-corrected chi connectivity index (χ0v) is 9.80. The monoisotopic (exact) mass is 214 g/mol. The molecule has 13 heavy (non-hydrogen) atoms. The van der Waals surface area contributed by atoms with E-state index in [1.165, 1.54) is 4.21 Å². The number of hydrogen-bond donors (Lipinski definition) is 0. The summed E-state index contributed by atoms with van der Waals surface area (Å²) in [5.41, 5.74) is 0.943. The molecule has 1 aromatic rings. The molecular weight excluding hydrogens is 200 g/mol. The molecule has 0 saturated carbocycles. The first kappa shape index (κ1) is 10.8. The van der Waals surface area contributed by atoms with Gasteiger partial charge in [0.15, 0.2) is 5.78 Å². The summed E-state index contributed by atoms with van der Waals surface area (Å²) in [7, 11) is 0. The first-order valence-corrected chi connectivity index (χ1v) is 6.30. The van der Waals surface area contributed by atoms with E-state index >= 15 is 0 Å². The van der Waals surface area contributed by atoms with Crippen LogP contribution >= 0.6 is 23.1 Å². The zero-order chi connectivity index (χ0) is 9.84. The molecule has 0 radical (unpaired) electrons. The molecule has 0 aliphatic carbocycles. The Morgan fingerprint density at radius 3 is 2.85 bits per heavy atom. The number of fused-ring (bicyclic) bond motifs is 1. The molecule has 72 valence electrons. The Morgan fingerprint density at radius 2 is 2.15 bits per heavy atom. The number of Topliss-reactive ketones (excluding diaryl/α,β-unsaturated/α-hetero) is 1. The fourth-order valence-electron chi connectivity index (χ4n) is 1.19. The molecule has 2 rings (SSSR count). The highest BCUT2D eigenvalue weighted by molar-refractivity contribution is 8.01. The molecule has 3 heteroatoms. The van der Waals surface area contributed by atoms with Gasteiger partial charge in [0.25, 0.3) is 0 Å². The lowest BCUT2D eigenvalue weighted by molar-refractivity contribution is 0.0979. The first-order chi connectivity index (χ1) is 6.27. The standard InChI is InChI=1S/C8H8OS2.C2H6/c1-5-4-7(9)6-2-3-10-8(6)11-5;1-2/h2-3,5H,4H2,1H3;1-2H3. The van der Waals surface area contributed by atoms with Gasteiger partial charge in [-0.1, -0.05) is 20.8 Å². The van der Waals surface area contributed by atoms with Gasteiger partial charge in [-0.3, -0.25) is 4.79 Å². The van der Waals surface area contributed by atoms with Gasteiger partial charge in [-0.05, 0) is 11.4 Å². The zero-order valence-electron chi connectivity index (χ0n) is 8.16. The minimum atomic E-state index is 0.313. The van der Waals surface area contributed by atoms with Crippen LogP contribution in [-0.2, 0) is 0 Å². The molecule has 0 bridgehead atoms. The Kier molecular flexibility index (Phi) is 4.00. The third-order valence-electron chi connectivity index (χ3n) is 1.71. The molecule has 1 atom stereocenters. The summed E-state index contributed by atoms with van der Waals surface area (Å²) in [6.07, 6.45) is 0.703. The van der Waals surface area contributed by atoms with Crippen molar-refractivity contribution in [2.24, 2.45) is 0 Å². The fraction of sp³-hybridized carbons (Fsp3) is 0.500. The highest BCUT2D eigenvalue weighted by Crippen LogP contribution is 2.38. The Hall–Kier alpha value is -0.280. The smallest absolute Gasteiger partial charge is 0.165 e. The van der Waals surface area contributed by atoms with E-state index in [0.29, 0.717) is 17.5 Å². The van der Waals surface area contributed by atoms with Crippen LogP contribution in [0.1, 0.15) is 37.6 Å². The van der Waals surface area contributed by atoms with Gasteiger partial charge < -0.3 is 0 Å². The number of carbonyl (C=O) groups is 1. The molecule has 0 spiro atoms. The summed E-state index contributed by atoms with van der Waals surface area (Å²) in [5.74, 6) is 0.313. The van der Waals surface area contributed by atoms with E-state index in [-0.39, 0.29) is 0 Å². The summed E-state index contributed by atoms with van der Waals surface area (Å²) in [6, 6.07) is 1.93. The number of carbonyl (C=O) groups excluding carboxylic acids is 1. The molecule has 0 aromatic carbocycles. The van der Waals surface area contributed by atoms with Crippen LogP contribution in [0.25, 0.3) is 0 Å². The van der Waals surface area contributed by atoms with E-state index in [2.05, 4.69) is 6.92 Å². The maximum Gasteiger partial charge on any atom is 0.165 e. The van der Waals surface area contributed by atoms with Crippen LogP contribution in [0.15, 0.2) is 15.7 Å². The Morgan fingerprint density at radius 1 is 1.46 bits per heavy atom. The van der Waals surface area contributed by atoms with Crippen LogP contribution in [0, 0.1) is 0 Å². The summed E-state index contributed by atoms with van der Waals surface area (Å²) in [6.45, 7) is 6.10. The third-order valence-corrected chi connectivity index (χ3v) is 4.00. The Labute approximate surface area is 87.5 Å². The second-order valence-electron chi connectivity index (χ2n) is 2.68. The van der Waals surface area contributed by atoms with Crippen LogP contribution in [0.4, 0.5) is 0 Å². The molecule has 1 aliphatic rings. The molecule has 1 nitrogen and oxygen atoms in total. The minimum absolute atomic E-state index is 0.313. The molecule has 2 heterocycles. The van der Waals surface area contributed by atoms with Gasteiger partial charge in [-0.15, -0.1) is 23.1 Å². The molecule has 1 aliphatic heterocycles. The largest absolute Gasteiger partial charge is 0.294 e. The van der Waals surface area contributed by atoms with Crippen molar-refractivity contribution in [3.05, 3.63) is 17.0 Å². The lowest BCUT2D eigenvalue weighted by Crippen LogP contribution is -2.12. The summed E-state index contributed by atoms with van der Waals surface area (Å²) in [4.78, 5) is 11.4. The van der Waals surface area contributed by atoms with Crippen molar-refractivity contribution in [3.8, 4) is 0 Å². The van der Waals surface area contributed by atoms with E-state index in [1.54, 1.807) is 11.3 Å². The van der Waals surface area contributed by atoms with Gasteiger partial charge in [0, 0.05) is 17.2 Å². The Balaban J connectivity index is 0.000000396. The number of ketones is 1.